The van der Waals surface area contributed by atoms with Crippen LogP contribution in [0.3, 0.4) is 0 Å². The molecule has 0 fully saturated rings. The first-order valence-corrected chi connectivity index (χ1v) is 10.4. The van der Waals surface area contributed by atoms with E-state index in [4.69, 9.17) is 5.11 Å². The second-order valence-electron chi connectivity index (χ2n) is 7.87. The van der Waals surface area contributed by atoms with Gasteiger partial charge in [-0.15, -0.1) is 0 Å². The van der Waals surface area contributed by atoms with Gasteiger partial charge >= 0.3 is 12.0 Å². The van der Waals surface area contributed by atoms with E-state index in [-0.39, 0.29) is 24.3 Å². The molecule has 30 heavy (non-hydrogen) atoms. The van der Waals surface area contributed by atoms with Crippen molar-refractivity contribution in [2.24, 2.45) is 5.92 Å². The Balaban J connectivity index is 1.36. The number of amides is 3. The summed E-state index contributed by atoms with van der Waals surface area (Å²) in [6.07, 6.45) is 2.44. The largest absolute Gasteiger partial charge is 0.480 e. The van der Waals surface area contributed by atoms with Crippen LogP contribution in [0.2, 0.25) is 0 Å². The summed E-state index contributed by atoms with van der Waals surface area (Å²) in [5.41, 5.74) is 1.91. The number of aliphatic carboxylic acids is 1. The van der Waals surface area contributed by atoms with E-state index in [0.717, 1.165) is 30.4 Å². The fourth-order valence-corrected chi connectivity index (χ4v) is 3.62. The van der Waals surface area contributed by atoms with E-state index in [1.165, 1.54) is 0 Å². The number of carbonyl (C=O) groups excluding carboxylic acids is 2. The van der Waals surface area contributed by atoms with Crippen LogP contribution in [0.25, 0.3) is 11.0 Å². The summed E-state index contributed by atoms with van der Waals surface area (Å²) >= 11 is 0. The van der Waals surface area contributed by atoms with Gasteiger partial charge in [-0.1, -0.05) is 32.4 Å². The van der Waals surface area contributed by atoms with E-state index in [1.807, 2.05) is 24.3 Å². The number of imidazole rings is 1. The molecular formula is C21H29N5O4. The number of carboxylic acid groups (broad SMARTS) is 1. The van der Waals surface area contributed by atoms with Gasteiger partial charge in [-0.3, -0.25) is 9.69 Å². The number of rotatable bonds is 9. The highest BCUT2D eigenvalue weighted by Crippen LogP contribution is 2.26. The normalized spacial score (nSPS) is 14.0. The summed E-state index contributed by atoms with van der Waals surface area (Å²) in [4.78, 5) is 41.8. The molecule has 0 saturated carbocycles. The number of anilines is 1. The molecule has 0 radical (unpaired) electrons. The van der Waals surface area contributed by atoms with Crippen molar-refractivity contribution in [2.45, 2.75) is 52.1 Å². The summed E-state index contributed by atoms with van der Waals surface area (Å²) in [7, 11) is 0. The lowest BCUT2D eigenvalue weighted by molar-refractivity contribution is -0.143. The van der Waals surface area contributed by atoms with Crippen molar-refractivity contribution < 1.29 is 19.5 Å². The van der Waals surface area contributed by atoms with Crippen molar-refractivity contribution in [1.82, 2.24) is 20.2 Å². The van der Waals surface area contributed by atoms with Crippen LogP contribution in [0.4, 0.5) is 10.7 Å². The number of fused-ring (bicyclic) bond motifs is 3. The van der Waals surface area contributed by atoms with Gasteiger partial charge in [0.2, 0.25) is 11.9 Å². The van der Waals surface area contributed by atoms with Gasteiger partial charge in [-0.05, 0) is 30.9 Å². The molecule has 3 rings (SSSR count). The molecule has 1 aromatic carbocycles. The molecule has 3 amide bonds. The van der Waals surface area contributed by atoms with Crippen LogP contribution in [0.5, 0.6) is 0 Å². The fraction of sp³-hybridized carbons (Fsp3) is 0.524. The Morgan fingerprint density at radius 1 is 1.13 bits per heavy atom. The quantitative estimate of drug-likeness (QED) is 0.544. The third-order valence-corrected chi connectivity index (χ3v) is 5.27. The predicted octanol–water partition coefficient (Wildman–Crippen LogP) is 2.35. The lowest BCUT2D eigenvalue weighted by atomic mass is 10.0. The molecule has 9 nitrogen and oxygen atoms in total. The summed E-state index contributed by atoms with van der Waals surface area (Å²) in [5, 5.41) is 14.6. The maximum Gasteiger partial charge on any atom is 0.326 e. The van der Waals surface area contributed by atoms with Gasteiger partial charge in [0.05, 0.1) is 11.0 Å². The van der Waals surface area contributed by atoms with E-state index >= 15 is 0 Å². The third kappa shape index (κ3) is 4.90. The van der Waals surface area contributed by atoms with Crippen LogP contribution < -0.4 is 15.5 Å². The first-order valence-electron chi connectivity index (χ1n) is 10.4. The van der Waals surface area contributed by atoms with Crippen molar-refractivity contribution in [2.75, 3.05) is 18.0 Å². The minimum Gasteiger partial charge on any atom is -0.480 e. The third-order valence-electron chi connectivity index (χ3n) is 5.27. The Morgan fingerprint density at radius 3 is 2.63 bits per heavy atom. The molecule has 0 saturated heterocycles. The number of carboxylic acids is 1. The number of para-hydroxylation sites is 2. The zero-order chi connectivity index (χ0) is 21.7. The number of urea groups is 1. The number of hydrogen-bond acceptors (Lipinski definition) is 4. The topological polar surface area (TPSA) is 117 Å². The van der Waals surface area contributed by atoms with Crippen molar-refractivity contribution >= 4 is 34.9 Å². The number of aromatic nitrogens is 2. The van der Waals surface area contributed by atoms with Crippen LogP contribution in [-0.4, -0.2) is 51.7 Å². The van der Waals surface area contributed by atoms with E-state index in [9.17, 15) is 14.4 Å². The first-order chi connectivity index (χ1) is 14.4. The molecule has 0 bridgehead atoms. The number of nitrogens with one attached hydrogen (secondary N) is 2. The lowest BCUT2D eigenvalue weighted by Crippen LogP contribution is -2.44. The minimum atomic E-state index is -1.02. The van der Waals surface area contributed by atoms with Gasteiger partial charge in [-0.2, -0.15) is 0 Å². The van der Waals surface area contributed by atoms with Gasteiger partial charge in [0.15, 0.2) is 0 Å². The SMILES string of the molecule is CC(C)[C@@H](NC(=O)CCCCCNC(=O)N1CCn2c1nc1ccccc12)C(=O)O. The highest BCUT2D eigenvalue weighted by atomic mass is 16.4. The Labute approximate surface area is 175 Å². The molecule has 2 heterocycles. The van der Waals surface area contributed by atoms with E-state index in [2.05, 4.69) is 20.2 Å². The molecule has 9 heteroatoms. The Morgan fingerprint density at radius 2 is 1.90 bits per heavy atom. The van der Waals surface area contributed by atoms with Crippen molar-refractivity contribution in [1.29, 1.82) is 0 Å². The summed E-state index contributed by atoms with van der Waals surface area (Å²) in [6, 6.07) is 6.81. The predicted molar refractivity (Wildman–Crippen MR) is 113 cm³/mol. The molecule has 162 valence electrons. The molecule has 1 aromatic heterocycles. The zero-order valence-electron chi connectivity index (χ0n) is 17.4. The maximum atomic E-state index is 12.5. The monoisotopic (exact) mass is 415 g/mol. The number of hydrogen-bond donors (Lipinski definition) is 3. The summed E-state index contributed by atoms with van der Waals surface area (Å²) in [6.45, 7) is 5.36. The van der Waals surface area contributed by atoms with Crippen LogP contribution in [0.1, 0.15) is 39.5 Å². The second-order valence-corrected chi connectivity index (χ2v) is 7.87. The van der Waals surface area contributed by atoms with Gasteiger partial charge in [-0.25, -0.2) is 14.6 Å². The van der Waals surface area contributed by atoms with Crippen LogP contribution in [0, 0.1) is 5.92 Å². The first kappa shape index (κ1) is 21.6. The number of carbonyl (C=O) groups is 3. The molecular weight excluding hydrogens is 386 g/mol. The fourth-order valence-electron chi connectivity index (χ4n) is 3.62. The minimum absolute atomic E-state index is 0.164. The molecule has 0 aliphatic carbocycles. The van der Waals surface area contributed by atoms with E-state index in [1.54, 1.807) is 18.7 Å². The average molecular weight is 415 g/mol. The smallest absolute Gasteiger partial charge is 0.326 e. The van der Waals surface area contributed by atoms with Crippen molar-refractivity contribution in [3.8, 4) is 0 Å². The second kappa shape index (κ2) is 9.60. The van der Waals surface area contributed by atoms with E-state index < -0.39 is 12.0 Å². The number of unbranched alkanes of at least 4 members (excludes halogenated alkanes) is 2. The summed E-state index contributed by atoms with van der Waals surface area (Å²) in [5.74, 6) is -0.767. The molecule has 0 spiro atoms. The lowest BCUT2D eigenvalue weighted by Gasteiger charge is -2.17. The molecule has 0 unspecified atom stereocenters. The maximum absolute atomic E-state index is 12.5. The van der Waals surface area contributed by atoms with Crippen LogP contribution >= 0.6 is 0 Å². The molecule has 3 N–H and O–H groups in total. The molecule has 1 aliphatic rings. The molecule has 2 aromatic rings. The van der Waals surface area contributed by atoms with Crippen molar-refractivity contribution in [3.05, 3.63) is 24.3 Å². The number of nitrogens with zero attached hydrogens (tertiary/aromatic N) is 3. The van der Waals surface area contributed by atoms with Gasteiger partial charge in [0, 0.05) is 26.1 Å². The van der Waals surface area contributed by atoms with E-state index in [0.29, 0.717) is 25.5 Å². The number of benzene rings is 1. The van der Waals surface area contributed by atoms with Gasteiger partial charge in [0.25, 0.3) is 0 Å². The zero-order valence-corrected chi connectivity index (χ0v) is 17.4. The molecule has 1 aliphatic heterocycles. The highest BCUT2D eigenvalue weighted by Gasteiger charge is 2.28. The Hall–Kier alpha value is -3.10. The molecule has 1 atom stereocenters. The van der Waals surface area contributed by atoms with Crippen LogP contribution in [0.15, 0.2) is 24.3 Å². The summed E-state index contributed by atoms with van der Waals surface area (Å²) < 4.78 is 2.05. The van der Waals surface area contributed by atoms with Crippen molar-refractivity contribution in [3.63, 3.8) is 0 Å². The van der Waals surface area contributed by atoms with Crippen LogP contribution in [-0.2, 0) is 16.1 Å². The Kier molecular flexibility index (Phi) is 6.91. The average Bonchev–Trinajstić information content (AvgIpc) is 3.27. The standard InChI is InChI=1S/C21H29N5O4/c1-14(2)18(19(28)29)24-17(27)10-4-3-7-11-22-21(30)26-13-12-25-16-9-6-5-8-15(16)23-20(25)26/h5-6,8-9,14,18H,3-4,7,10-13H2,1-2H3,(H,22,30)(H,24,27)(H,28,29)/t18-/m1/s1. The highest BCUT2D eigenvalue weighted by molar-refractivity contribution is 5.93. The Bertz CT molecular complexity index is 923. The van der Waals surface area contributed by atoms with Gasteiger partial charge < -0.3 is 20.3 Å². The van der Waals surface area contributed by atoms with Gasteiger partial charge in [0.1, 0.15) is 6.04 Å².